The van der Waals surface area contributed by atoms with Gasteiger partial charge in [-0.05, 0) is 17.7 Å². The van der Waals surface area contributed by atoms with Crippen LogP contribution in [0.15, 0.2) is 35.9 Å². The van der Waals surface area contributed by atoms with Crippen molar-refractivity contribution in [2.45, 2.75) is 10.0 Å². The highest BCUT2D eigenvalue weighted by molar-refractivity contribution is 7.90. The van der Waals surface area contributed by atoms with Gasteiger partial charge in [0.05, 0.1) is 32.9 Å². The summed E-state index contributed by atoms with van der Waals surface area (Å²) in [6, 6.07) is 5.13. The van der Waals surface area contributed by atoms with Crippen LogP contribution in [0.5, 0.6) is 0 Å². The highest BCUT2D eigenvalue weighted by Crippen LogP contribution is 2.37. The second-order valence-corrected chi connectivity index (χ2v) is 9.45. The maximum Gasteiger partial charge on any atom is 0.337 e. The first-order chi connectivity index (χ1) is 16.5. The van der Waals surface area contributed by atoms with E-state index in [0.717, 1.165) is 0 Å². The molecule has 1 aliphatic heterocycles. The van der Waals surface area contributed by atoms with Gasteiger partial charge in [0.1, 0.15) is 47.1 Å². The Kier molecular flexibility index (Phi) is 7.13. The molecule has 2 aromatic rings. The highest BCUT2D eigenvalue weighted by Gasteiger charge is 2.50. The van der Waals surface area contributed by atoms with Gasteiger partial charge in [0.15, 0.2) is 5.50 Å². The minimum atomic E-state index is -5.22. The molecule has 162 valence electrons. The van der Waals surface area contributed by atoms with Crippen LogP contribution in [-0.2, 0) is 38.6 Å². The van der Waals surface area contributed by atoms with Crippen molar-refractivity contribution in [1.29, 1.82) is 0 Å². The fourth-order valence-corrected chi connectivity index (χ4v) is 4.35. The van der Waals surface area contributed by atoms with Crippen LogP contribution in [0.1, 0.15) is 21.5 Å². The average molecular weight is 482 g/mol. The molecular weight excluding hydrogens is 473 g/mol. The van der Waals surface area contributed by atoms with E-state index in [-0.39, 0.29) is 27.5 Å². The second-order valence-electron chi connectivity index (χ2n) is 7.70. The third-order valence-corrected chi connectivity index (χ3v) is 6.89. The van der Waals surface area contributed by atoms with Crippen molar-refractivity contribution in [1.82, 2.24) is 0 Å². The summed E-state index contributed by atoms with van der Waals surface area (Å²) >= 11 is 0. The summed E-state index contributed by atoms with van der Waals surface area (Å²) in [5.41, 5.74) is 1.05. The van der Waals surface area contributed by atoms with Crippen molar-refractivity contribution in [2.75, 3.05) is 7.11 Å². The number of ketones is 1. The fourth-order valence-electron chi connectivity index (χ4n) is 3.36. The normalized spacial score (nSPS) is 18.1. The molecule has 1 unspecified atom stereocenters. The van der Waals surface area contributed by atoms with Crippen LogP contribution in [0.4, 0.5) is 0 Å². The lowest BCUT2D eigenvalue weighted by Crippen LogP contribution is -2.60. The molecule has 1 heterocycles. The van der Waals surface area contributed by atoms with Gasteiger partial charge >= 0.3 is 16.1 Å². The van der Waals surface area contributed by atoms with E-state index < -0.39 is 60.0 Å². The third-order valence-electron chi connectivity index (χ3n) is 5.47. The molecule has 0 spiro atoms. The number of methoxy groups -OCH3 is 1. The summed E-state index contributed by atoms with van der Waals surface area (Å²) in [5.74, 6) is -3.68. The molecule has 0 bridgehead atoms. The SMILES string of the molecule is [B]c1c([B])c([B])c(C([B])([B])S(=O)(=O)OC2=C(N)OC([B])(c3ccc(C(=O)OC)cc3)C2=O)c([B])c1[B]. The molecule has 2 aromatic carbocycles. The van der Waals surface area contributed by atoms with E-state index in [1.54, 1.807) is 0 Å². The number of ether oxygens (including phenoxy) is 2. The van der Waals surface area contributed by atoms with Crippen LogP contribution < -0.4 is 33.0 Å². The van der Waals surface area contributed by atoms with Crippen LogP contribution in [-0.4, -0.2) is 90.1 Å². The lowest BCUT2D eigenvalue weighted by molar-refractivity contribution is -0.126. The molecule has 0 saturated carbocycles. The van der Waals surface area contributed by atoms with Gasteiger partial charge in [-0.1, -0.05) is 17.7 Å². The zero-order chi connectivity index (χ0) is 27.4. The summed E-state index contributed by atoms with van der Waals surface area (Å²) in [6.45, 7) is 0. The van der Waals surface area contributed by atoms with Crippen LogP contribution >= 0.6 is 0 Å². The zero-order valence-electron chi connectivity index (χ0n) is 18.8. The lowest BCUT2D eigenvalue weighted by Gasteiger charge is -2.33. The highest BCUT2D eigenvalue weighted by atomic mass is 32.2. The van der Waals surface area contributed by atoms with Crippen molar-refractivity contribution < 1.29 is 31.7 Å². The molecule has 0 saturated heterocycles. The maximum absolute atomic E-state index is 13.1. The Balaban J connectivity index is 2.00. The number of hydrogen-bond donors (Lipinski definition) is 1. The average Bonchev–Trinajstić information content (AvgIpc) is 3.04. The number of rotatable bonds is 6. The Bertz CT molecular complexity index is 1400. The topological polar surface area (TPSA) is 122 Å². The number of Topliss-reactive ketones (excluding diaryl/α,β-unsaturated/α-hetero) is 1. The molecule has 0 amide bonds. The number of carbonyl (C=O) groups excluding carboxylic acids is 2. The van der Waals surface area contributed by atoms with E-state index in [0.29, 0.717) is 0 Å². The monoisotopic (exact) mass is 483 g/mol. The van der Waals surface area contributed by atoms with Crippen molar-refractivity contribution >= 4 is 112 Å². The lowest BCUT2D eigenvalue weighted by atomic mass is 9.53. The third kappa shape index (κ3) is 4.21. The molecule has 2 N–H and O–H groups in total. The van der Waals surface area contributed by atoms with Gasteiger partial charge in [0, 0.05) is 0 Å². The van der Waals surface area contributed by atoms with Crippen molar-refractivity contribution in [3.05, 3.63) is 52.6 Å². The summed E-state index contributed by atoms with van der Waals surface area (Å²) < 4.78 is 38.0. The van der Waals surface area contributed by atoms with Gasteiger partial charge in [-0.25, -0.2) is 4.79 Å². The molecular formula is C19H9B8NO7S. The fraction of sp³-hybridized carbons (Fsp3) is 0.158. The van der Waals surface area contributed by atoms with Gasteiger partial charge < -0.3 is 19.4 Å². The van der Waals surface area contributed by atoms with Crippen molar-refractivity contribution in [3.63, 3.8) is 0 Å². The van der Waals surface area contributed by atoms with E-state index >= 15 is 0 Å². The standard InChI is InChI=1S/C19H9B8NO7S/c1-33-17(30)6-2-4-7(5-3-6)18(25)15(29)14(16(28)34-18)35-36(31,32)19(26,27)8-9(20)11(22)13(24)12(23)10(8)21/h2-5H,28H2,1H3. The molecule has 0 aromatic heterocycles. The first kappa shape index (κ1) is 27.8. The van der Waals surface area contributed by atoms with E-state index in [2.05, 4.69) is 4.74 Å². The minimum Gasteiger partial charge on any atom is -0.467 e. The second kappa shape index (κ2) is 9.25. The first-order valence-electron chi connectivity index (χ1n) is 9.76. The molecule has 1 aliphatic rings. The van der Waals surface area contributed by atoms with Gasteiger partial charge in [-0.3, -0.25) is 4.79 Å². The van der Waals surface area contributed by atoms with Gasteiger partial charge in [0.25, 0.3) is 0 Å². The van der Waals surface area contributed by atoms with E-state index in [1.165, 1.54) is 31.4 Å². The van der Waals surface area contributed by atoms with Crippen molar-refractivity contribution in [3.8, 4) is 0 Å². The van der Waals surface area contributed by atoms with Crippen LogP contribution in [0.2, 0.25) is 0 Å². The van der Waals surface area contributed by atoms with E-state index in [9.17, 15) is 18.0 Å². The molecule has 16 radical (unpaired) electrons. The predicted molar refractivity (Wildman–Crippen MR) is 139 cm³/mol. The molecule has 0 aliphatic carbocycles. The molecule has 3 rings (SSSR count). The van der Waals surface area contributed by atoms with Crippen LogP contribution in [0.3, 0.4) is 0 Å². The molecule has 36 heavy (non-hydrogen) atoms. The Morgan fingerprint density at radius 1 is 0.972 bits per heavy atom. The zero-order valence-corrected chi connectivity index (χ0v) is 19.6. The summed E-state index contributed by atoms with van der Waals surface area (Å²) in [5, 5.41) is 0. The molecule has 17 heteroatoms. The Labute approximate surface area is 218 Å². The number of nitrogens with two attached hydrogens (primary N) is 1. The van der Waals surface area contributed by atoms with E-state index in [4.69, 9.17) is 77.4 Å². The Morgan fingerprint density at radius 2 is 1.44 bits per heavy atom. The van der Waals surface area contributed by atoms with Gasteiger partial charge in [0.2, 0.25) is 17.4 Å². The number of benzene rings is 2. The van der Waals surface area contributed by atoms with Crippen molar-refractivity contribution in [2.24, 2.45) is 5.73 Å². The predicted octanol–water partition coefficient (Wildman–Crippen LogP) is -6.02. The molecule has 1 atom stereocenters. The quantitative estimate of drug-likeness (QED) is 0.246. The van der Waals surface area contributed by atoms with E-state index in [1.807, 2.05) is 0 Å². The smallest absolute Gasteiger partial charge is 0.337 e. The Morgan fingerprint density at radius 3 is 1.92 bits per heavy atom. The summed E-state index contributed by atoms with van der Waals surface area (Å²) in [6.07, 6.45) is 0. The Hall–Kier alpha value is -2.81. The first-order valence-corrected chi connectivity index (χ1v) is 11.2. The number of hydrogen-bond acceptors (Lipinski definition) is 8. The van der Waals surface area contributed by atoms with Crippen LogP contribution in [0, 0.1) is 0 Å². The minimum absolute atomic E-state index is 0.00145. The number of carbonyl (C=O) groups is 2. The summed E-state index contributed by atoms with van der Waals surface area (Å²) in [7, 11) is 42.7. The molecule has 8 nitrogen and oxygen atoms in total. The largest absolute Gasteiger partial charge is 0.467 e. The summed E-state index contributed by atoms with van der Waals surface area (Å²) in [4.78, 5) is 24.7. The van der Waals surface area contributed by atoms with Crippen LogP contribution in [0.25, 0.3) is 0 Å². The van der Waals surface area contributed by atoms with Gasteiger partial charge in [-0.15, -0.1) is 27.3 Å². The number of esters is 1. The molecule has 0 fully saturated rings. The van der Waals surface area contributed by atoms with Gasteiger partial charge in [-0.2, -0.15) is 8.42 Å². The maximum atomic E-state index is 13.1.